The topological polar surface area (TPSA) is 166 Å². The summed E-state index contributed by atoms with van der Waals surface area (Å²) in [5, 5.41) is 18.0. The number of aliphatic carboxylic acids is 1. The van der Waals surface area contributed by atoms with Gasteiger partial charge < -0.3 is 29.7 Å². The standard InChI is InChI=1S/C18H18O2.C15H22O2.C13H18O2.C10H13NO2.C2H4O2/c19-18(14-13-17-10-5-2-6-11-17)20-15-7-12-16-8-3-1-4-9-16;1-2-3-5-12-15(16)17-13-8-11-14-9-6-4-7-10-14;1-3-7-13(14)15-10-11(2)12-8-5-4-6-9-12;12-10(13)11-8-4-7-9-5-2-1-3-6-9;1-2(3)4/h1-6,8-11,13-14H,7,12,15H2;4,6-7,9-10H,2-3,5,8,11-13H2,1H3;4-6,8-9,11H,3,7,10H2,1-2H3;1-3,5-6,11H,4,7-8H2,(H,12,13);1H3,(H,3,4)/b14-13+;;;;. The van der Waals surface area contributed by atoms with Crippen LogP contribution in [0.4, 0.5) is 4.79 Å². The number of nitrogens with one attached hydrogen (secondary N) is 1. The van der Waals surface area contributed by atoms with E-state index in [1.54, 1.807) is 6.08 Å². The number of hydrogen-bond acceptors (Lipinski definition) is 8. The van der Waals surface area contributed by atoms with Crippen molar-refractivity contribution in [1.82, 2.24) is 5.32 Å². The molecule has 372 valence electrons. The molecule has 0 fully saturated rings. The molecule has 0 aliphatic rings. The Morgan fingerprint density at radius 3 is 1.43 bits per heavy atom. The van der Waals surface area contributed by atoms with Gasteiger partial charge in [-0.2, -0.15) is 0 Å². The van der Waals surface area contributed by atoms with Crippen LogP contribution in [0.5, 0.6) is 0 Å². The molecule has 1 unspecified atom stereocenters. The van der Waals surface area contributed by atoms with Gasteiger partial charge in [0.25, 0.3) is 5.97 Å². The number of carboxylic acids is 1. The quantitative estimate of drug-likeness (QED) is 0.0248. The Hall–Kier alpha value is -7.01. The molecule has 0 heterocycles. The maximum atomic E-state index is 11.5. The molecule has 0 radical (unpaired) electrons. The molecule has 5 aromatic carbocycles. The molecular weight excluding hydrogens is 871 g/mol. The number of unbranched alkanes of at least 4 members (excludes halogenated alkanes) is 2. The fraction of sp³-hybridized carbons (Fsp3) is 0.362. The highest BCUT2D eigenvalue weighted by Gasteiger charge is 2.08. The molecule has 11 heteroatoms. The first kappa shape index (κ1) is 60.0. The molecule has 1 amide bonds. The van der Waals surface area contributed by atoms with Crippen LogP contribution in [0.1, 0.15) is 119 Å². The maximum Gasteiger partial charge on any atom is 0.404 e. The summed E-state index contributed by atoms with van der Waals surface area (Å²) >= 11 is 0. The van der Waals surface area contributed by atoms with E-state index >= 15 is 0 Å². The van der Waals surface area contributed by atoms with E-state index in [1.807, 2.05) is 122 Å². The number of esters is 3. The summed E-state index contributed by atoms with van der Waals surface area (Å²) in [7, 11) is 0. The van der Waals surface area contributed by atoms with Crippen LogP contribution in [0, 0.1) is 0 Å². The number of carboxylic acid groups (broad SMARTS) is 2. The largest absolute Gasteiger partial charge is 0.481 e. The molecule has 0 aliphatic carbocycles. The van der Waals surface area contributed by atoms with Gasteiger partial charge >= 0.3 is 24.0 Å². The van der Waals surface area contributed by atoms with Gasteiger partial charge in [0.15, 0.2) is 0 Å². The van der Waals surface area contributed by atoms with Gasteiger partial charge in [-0.25, -0.2) is 9.59 Å². The zero-order valence-corrected chi connectivity index (χ0v) is 41.1. The van der Waals surface area contributed by atoms with Crippen LogP contribution < -0.4 is 5.32 Å². The monoisotopic (exact) mass is 946 g/mol. The summed E-state index contributed by atoms with van der Waals surface area (Å²) in [5.41, 5.74) is 6.02. The Morgan fingerprint density at radius 1 is 0.536 bits per heavy atom. The second-order valence-electron chi connectivity index (χ2n) is 15.9. The smallest absolute Gasteiger partial charge is 0.404 e. The van der Waals surface area contributed by atoms with Gasteiger partial charge in [0.05, 0.1) is 19.8 Å². The first-order chi connectivity index (χ1) is 33.4. The summed E-state index contributed by atoms with van der Waals surface area (Å²) in [5.74, 6) is -0.999. The lowest BCUT2D eigenvalue weighted by molar-refractivity contribution is -0.144. The molecule has 5 rings (SSSR count). The Kier molecular flexibility index (Phi) is 35.8. The van der Waals surface area contributed by atoms with Crippen molar-refractivity contribution in [2.24, 2.45) is 0 Å². The zero-order chi connectivity index (χ0) is 50.6. The number of amides is 1. The molecule has 0 saturated heterocycles. The van der Waals surface area contributed by atoms with Gasteiger partial charge in [-0.15, -0.1) is 0 Å². The first-order valence-corrected chi connectivity index (χ1v) is 24.0. The van der Waals surface area contributed by atoms with Gasteiger partial charge in [-0.05, 0) is 85.3 Å². The van der Waals surface area contributed by atoms with Crippen LogP contribution >= 0.6 is 0 Å². The van der Waals surface area contributed by atoms with Crippen molar-refractivity contribution in [3.8, 4) is 0 Å². The van der Waals surface area contributed by atoms with Crippen LogP contribution in [0.3, 0.4) is 0 Å². The van der Waals surface area contributed by atoms with E-state index < -0.39 is 12.1 Å². The van der Waals surface area contributed by atoms with Crippen molar-refractivity contribution >= 4 is 36.0 Å². The summed E-state index contributed by atoms with van der Waals surface area (Å²) in [6.07, 6.45) is 12.8. The van der Waals surface area contributed by atoms with Crippen molar-refractivity contribution in [2.45, 2.75) is 111 Å². The SMILES string of the molecule is CC(=O)O.CCCC(=O)OCC(C)c1ccccc1.CCCCCC(=O)OCCCc1ccccc1.O=C(/C=C/c1ccccc1)OCCCc1ccccc1.O=C(O)NCCCc1ccccc1. The highest BCUT2D eigenvalue weighted by Crippen LogP contribution is 2.15. The van der Waals surface area contributed by atoms with E-state index in [-0.39, 0.29) is 23.8 Å². The molecule has 0 aromatic heterocycles. The van der Waals surface area contributed by atoms with Crippen molar-refractivity contribution in [3.05, 3.63) is 186 Å². The Labute approximate surface area is 410 Å². The molecule has 11 nitrogen and oxygen atoms in total. The number of rotatable bonds is 23. The van der Waals surface area contributed by atoms with E-state index in [0.717, 1.165) is 76.7 Å². The minimum absolute atomic E-state index is 0.0495. The van der Waals surface area contributed by atoms with Crippen LogP contribution in [-0.2, 0) is 52.7 Å². The summed E-state index contributed by atoms with van der Waals surface area (Å²) < 4.78 is 15.5. The van der Waals surface area contributed by atoms with E-state index in [9.17, 15) is 19.2 Å². The minimum atomic E-state index is -0.951. The van der Waals surface area contributed by atoms with Crippen molar-refractivity contribution in [3.63, 3.8) is 0 Å². The minimum Gasteiger partial charge on any atom is -0.481 e. The average Bonchev–Trinajstić information content (AvgIpc) is 3.36. The third-order valence-corrected chi connectivity index (χ3v) is 9.69. The lowest BCUT2D eigenvalue weighted by Crippen LogP contribution is -2.22. The third-order valence-electron chi connectivity index (χ3n) is 9.69. The van der Waals surface area contributed by atoms with E-state index in [0.29, 0.717) is 39.2 Å². The van der Waals surface area contributed by atoms with Gasteiger partial charge in [0.1, 0.15) is 0 Å². The normalized spacial score (nSPS) is 10.4. The fourth-order valence-corrected chi connectivity index (χ4v) is 6.07. The van der Waals surface area contributed by atoms with Crippen molar-refractivity contribution in [1.29, 1.82) is 0 Å². The van der Waals surface area contributed by atoms with E-state index in [1.165, 1.54) is 28.3 Å². The maximum absolute atomic E-state index is 11.5. The number of ether oxygens (including phenoxy) is 3. The van der Waals surface area contributed by atoms with Crippen LogP contribution in [-0.4, -0.2) is 66.5 Å². The first-order valence-electron chi connectivity index (χ1n) is 24.0. The summed E-state index contributed by atoms with van der Waals surface area (Å²) in [4.78, 5) is 53.1. The number of hydrogen-bond donors (Lipinski definition) is 3. The molecule has 0 bridgehead atoms. The second kappa shape index (κ2) is 41.2. The van der Waals surface area contributed by atoms with Crippen molar-refractivity contribution in [2.75, 3.05) is 26.4 Å². The fourth-order valence-electron chi connectivity index (χ4n) is 6.07. The molecular formula is C58H75NO10. The second-order valence-corrected chi connectivity index (χ2v) is 15.9. The van der Waals surface area contributed by atoms with Gasteiger partial charge in [-0.1, -0.05) is 185 Å². The number of carbonyl (C=O) groups excluding carboxylic acids is 3. The molecule has 0 saturated carbocycles. The molecule has 0 spiro atoms. The molecule has 0 aliphatic heterocycles. The Bertz CT molecular complexity index is 2080. The third kappa shape index (κ3) is 36.8. The van der Waals surface area contributed by atoms with Gasteiger partial charge in [-0.3, -0.25) is 14.4 Å². The molecule has 5 aromatic rings. The zero-order valence-electron chi connectivity index (χ0n) is 41.1. The highest BCUT2D eigenvalue weighted by atomic mass is 16.5. The molecule has 1 atom stereocenters. The number of benzene rings is 5. The van der Waals surface area contributed by atoms with Crippen LogP contribution in [0.25, 0.3) is 6.08 Å². The van der Waals surface area contributed by atoms with Crippen molar-refractivity contribution < 1.29 is 48.4 Å². The molecule has 69 heavy (non-hydrogen) atoms. The summed E-state index contributed by atoms with van der Waals surface area (Å²) in [6, 6.07) is 50.3. The lowest BCUT2D eigenvalue weighted by Gasteiger charge is -2.11. The highest BCUT2D eigenvalue weighted by molar-refractivity contribution is 5.87. The van der Waals surface area contributed by atoms with Crippen LogP contribution in [0.15, 0.2) is 158 Å². The van der Waals surface area contributed by atoms with E-state index in [4.69, 9.17) is 29.2 Å². The van der Waals surface area contributed by atoms with Gasteiger partial charge in [0, 0.05) is 38.3 Å². The number of aryl methyl sites for hydroxylation is 3. The van der Waals surface area contributed by atoms with Gasteiger partial charge in [0.2, 0.25) is 0 Å². The van der Waals surface area contributed by atoms with Crippen LogP contribution in [0.2, 0.25) is 0 Å². The molecule has 3 N–H and O–H groups in total. The van der Waals surface area contributed by atoms with E-state index in [2.05, 4.69) is 55.6 Å². The Morgan fingerprint density at radius 2 is 0.971 bits per heavy atom. The predicted molar refractivity (Wildman–Crippen MR) is 276 cm³/mol. The average molecular weight is 946 g/mol. The Balaban J connectivity index is 0.000000452. The predicted octanol–water partition coefficient (Wildman–Crippen LogP) is 12.7. The number of carbonyl (C=O) groups is 5. The lowest BCUT2D eigenvalue weighted by atomic mass is 10.0. The summed E-state index contributed by atoms with van der Waals surface area (Å²) in [6.45, 7) is 9.24.